The van der Waals surface area contributed by atoms with Crippen molar-refractivity contribution in [3.63, 3.8) is 0 Å². The molecule has 8 heteroatoms. The molecule has 0 fully saturated rings. The van der Waals surface area contributed by atoms with E-state index in [0.717, 1.165) is 6.54 Å². The molecule has 0 bridgehead atoms. The van der Waals surface area contributed by atoms with Crippen molar-refractivity contribution >= 4 is 10.4 Å². The van der Waals surface area contributed by atoms with Crippen LogP contribution < -0.4 is 0 Å². The molecule has 0 unspecified atom stereocenters. The van der Waals surface area contributed by atoms with Crippen LogP contribution in [0.15, 0.2) is 0 Å². The number of aliphatic hydroxyl groups excluding tert-OH is 2. The molecule has 88 valence electrons. The first-order valence-corrected chi connectivity index (χ1v) is 5.38. The Labute approximate surface area is 83.5 Å². The molecule has 0 aromatic rings. The predicted octanol–water partition coefficient (Wildman–Crippen LogP) is -1.36. The van der Waals surface area contributed by atoms with Crippen LogP contribution in [0, 0.1) is 0 Å². The van der Waals surface area contributed by atoms with Gasteiger partial charge in [0.1, 0.15) is 0 Å². The number of nitrogens with zero attached hydrogens (tertiary/aromatic N) is 1. The van der Waals surface area contributed by atoms with E-state index in [1.807, 2.05) is 11.8 Å². The summed E-state index contributed by atoms with van der Waals surface area (Å²) in [5, 5.41) is 16.9. The zero-order valence-corrected chi connectivity index (χ0v) is 8.81. The van der Waals surface area contributed by atoms with E-state index in [9.17, 15) is 0 Å². The highest BCUT2D eigenvalue weighted by Gasteiger charge is 1.97. The van der Waals surface area contributed by atoms with Gasteiger partial charge in [0.2, 0.25) is 0 Å². The van der Waals surface area contributed by atoms with Crippen molar-refractivity contribution < 1.29 is 27.7 Å². The maximum Gasteiger partial charge on any atom is 0.394 e. The summed E-state index contributed by atoms with van der Waals surface area (Å²) in [6, 6.07) is 0. The Morgan fingerprint density at radius 2 is 1.36 bits per heavy atom. The summed E-state index contributed by atoms with van der Waals surface area (Å²) in [4.78, 5) is 1.99. The Kier molecular flexibility index (Phi) is 10.8. The van der Waals surface area contributed by atoms with Gasteiger partial charge in [0, 0.05) is 13.1 Å². The molecule has 0 atom stereocenters. The van der Waals surface area contributed by atoms with E-state index in [1.54, 1.807) is 0 Å². The highest BCUT2D eigenvalue weighted by atomic mass is 32.3. The zero-order chi connectivity index (χ0) is 11.6. The summed E-state index contributed by atoms with van der Waals surface area (Å²) in [6.07, 6.45) is 0. The van der Waals surface area contributed by atoms with E-state index >= 15 is 0 Å². The maximum absolute atomic E-state index is 8.74. The lowest BCUT2D eigenvalue weighted by molar-refractivity contribution is 0.166. The first kappa shape index (κ1) is 16.2. The van der Waals surface area contributed by atoms with Crippen molar-refractivity contribution in [1.29, 1.82) is 0 Å². The van der Waals surface area contributed by atoms with Crippen LogP contribution in [0.4, 0.5) is 0 Å². The molecule has 0 aliphatic heterocycles. The van der Waals surface area contributed by atoms with Crippen molar-refractivity contribution in [3.8, 4) is 0 Å². The normalized spacial score (nSPS) is 11.0. The van der Waals surface area contributed by atoms with Gasteiger partial charge in [0.15, 0.2) is 0 Å². The van der Waals surface area contributed by atoms with Crippen LogP contribution >= 0.6 is 0 Å². The Bertz CT molecular complexity index is 190. The number of hydrogen-bond acceptors (Lipinski definition) is 5. The lowest BCUT2D eigenvalue weighted by Crippen LogP contribution is -2.29. The maximum atomic E-state index is 8.74. The fraction of sp³-hybridized carbons (Fsp3) is 1.00. The smallest absolute Gasteiger partial charge is 0.394 e. The second kappa shape index (κ2) is 9.31. The van der Waals surface area contributed by atoms with Gasteiger partial charge in [0.05, 0.1) is 13.2 Å². The molecule has 0 aromatic carbocycles. The minimum Gasteiger partial charge on any atom is -0.395 e. The molecule has 7 nitrogen and oxygen atoms in total. The van der Waals surface area contributed by atoms with Crippen molar-refractivity contribution in [2.75, 3.05) is 32.8 Å². The van der Waals surface area contributed by atoms with Gasteiger partial charge >= 0.3 is 10.4 Å². The lowest BCUT2D eigenvalue weighted by Gasteiger charge is -2.16. The third-order valence-electron chi connectivity index (χ3n) is 1.28. The van der Waals surface area contributed by atoms with Crippen LogP contribution in [0.5, 0.6) is 0 Å². The zero-order valence-electron chi connectivity index (χ0n) is 8.00. The molecule has 0 aromatic heterocycles. The molecule has 0 rings (SSSR count). The Balaban J connectivity index is 0. The van der Waals surface area contributed by atoms with E-state index < -0.39 is 10.4 Å². The summed E-state index contributed by atoms with van der Waals surface area (Å²) in [7, 11) is -4.67. The van der Waals surface area contributed by atoms with Crippen molar-refractivity contribution in [3.05, 3.63) is 0 Å². The van der Waals surface area contributed by atoms with Gasteiger partial charge in [-0.05, 0) is 6.54 Å². The molecular weight excluding hydrogens is 214 g/mol. The van der Waals surface area contributed by atoms with Crippen LogP contribution in [0.25, 0.3) is 0 Å². The third kappa shape index (κ3) is 22.6. The summed E-state index contributed by atoms with van der Waals surface area (Å²) in [5.74, 6) is 0. The standard InChI is InChI=1S/C6H15NO2.H2O4S/c1-2-7(3-5-8)4-6-9;1-5(2,3)4/h8-9H,2-6H2,1H3;(H2,1,2,3,4). The third-order valence-corrected chi connectivity index (χ3v) is 1.28. The van der Waals surface area contributed by atoms with E-state index in [2.05, 4.69) is 0 Å². The number of likely N-dealkylation sites (N-methyl/N-ethyl adjacent to an activating group) is 1. The van der Waals surface area contributed by atoms with Crippen LogP contribution in [0.3, 0.4) is 0 Å². The van der Waals surface area contributed by atoms with Crippen LogP contribution in [0.2, 0.25) is 0 Å². The molecule has 0 spiro atoms. The topological polar surface area (TPSA) is 118 Å². The Morgan fingerprint density at radius 3 is 1.50 bits per heavy atom. The Hall–Kier alpha value is -0.250. The van der Waals surface area contributed by atoms with E-state index in [4.69, 9.17) is 27.7 Å². The second-order valence-electron chi connectivity index (χ2n) is 2.33. The van der Waals surface area contributed by atoms with E-state index in [0.29, 0.717) is 13.1 Å². The molecule has 4 N–H and O–H groups in total. The van der Waals surface area contributed by atoms with Crippen LogP contribution in [-0.2, 0) is 10.4 Å². The summed E-state index contributed by atoms with van der Waals surface area (Å²) >= 11 is 0. The van der Waals surface area contributed by atoms with Crippen LogP contribution in [0.1, 0.15) is 6.92 Å². The van der Waals surface area contributed by atoms with Crippen molar-refractivity contribution in [2.24, 2.45) is 0 Å². The van der Waals surface area contributed by atoms with Gasteiger partial charge in [-0.1, -0.05) is 6.92 Å². The first-order chi connectivity index (χ1) is 6.35. The number of rotatable bonds is 5. The van der Waals surface area contributed by atoms with Gasteiger partial charge in [0.25, 0.3) is 0 Å². The molecule has 0 aliphatic carbocycles. The minimum atomic E-state index is -4.67. The SMILES string of the molecule is CCN(CCO)CCO.O=S(=O)(O)O. The molecule has 0 amide bonds. The molecule has 0 saturated heterocycles. The molecule has 0 saturated carbocycles. The second-order valence-corrected chi connectivity index (χ2v) is 3.22. The fourth-order valence-corrected chi connectivity index (χ4v) is 0.711. The van der Waals surface area contributed by atoms with Gasteiger partial charge in [-0.3, -0.25) is 14.0 Å². The summed E-state index contributed by atoms with van der Waals surface area (Å²) < 4.78 is 31.6. The van der Waals surface area contributed by atoms with Gasteiger partial charge in [-0.25, -0.2) is 0 Å². The molecule has 14 heavy (non-hydrogen) atoms. The van der Waals surface area contributed by atoms with Gasteiger partial charge < -0.3 is 10.2 Å². The van der Waals surface area contributed by atoms with Crippen molar-refractivity contribution in [2.45, 2.75) is 6.92 Å². The Morgan fingerprint density at radius 1 is 1.07 bits per heavy atom. The average molecular weight is 231 g/mol. The largest absolute Gasteiger partial charge is 0.395 e. The number of hydrogen-bond donors (Lipinski definition) is 4. The van der Waals surface area contributed by atoms with E-state index in [1.165, 1.54) is 0 Å². The molecule has 0 radical (unpaired) electrons. The van der Waals surface area contributed by atoms with Crippen molar-refractivity contribution in [1.82, 2.24) is 4.90 Å². The lowest BCUT2D eigenvalue weighted by atomic mass is 10.5. The quantitative estimate of drug-likeness (QED) is 0.431. The van der Waals surface area contributed by atoms with Crippen LogP contribution in [-0.4, -0.2) is 65.5 Å². The predicted molar refractivity (Wildman–Crippen MR) is 50.5 cm³/mol. The molecule has 0 heterocycles. The number of aliphatic hydroxyl groups is 2. The minimum absolute atomic E-state index is 0.174. The fourth-order valence-electron chi connectivity index (χ4n) is 0.711. The summed E-state index contributed by atoms with van der Waals surface area (Å²) in [6.45, 7) is 4.57. The molecule has 0 aliphatic rings. The van der Waals surface area contributed by atoms with Gasteiger partial charge in [-0.15, -0.1) is 0 Å². The summed E-state index contributed by atoms with van der Waals surface area (Å²) in [5.41, 5.74) is 0. The highest BCUT2D eigenvalue weighted by Crippen LogP contribution is 1.83. The highest BCUT2D eigenvalue weighted by molar-refractivity contribution is 7.79. The first-order valence-electron chi connectivity index (χ1n) is 3.99. The average Bonchev–Trinajstić information content (AvgIpc) is 2.01. The molecular formula is C6H17NO6S. The van der Waals surface area contributed by atoms with Gasteiger partial charge in [-0.2, -0.15) is 8.42 Å². The monoisotopic (exact) mass is 231 g/mol. The van der Waals surface area contributed by atoms with E-state index in [-0.39, 0.29) is 13.2 Å².